The Labute approximate surface area is 140 Å². The number of unbranched alkanes of at least 4 members (excludes halogenated alkanes) is 1. The lowest BCUT2D eigenvalue weighted by atomic mass is 10.1. The molecule has 3 N–H and O–H groups in total. The quantitative estimate of drug-likeness (QED) is 0.406. The van der Waals surface area contributed by atoms with Crippen LogP contribution in [0.2, 0.25) is 0 Å². The summed E-state index contributed by atoms with van der Waals surface area (Å²) in [5.41, 5.74) is 5.42. The number of thioether (sulfide) groups is 1. The number of nitrogens with zero attached hydrogens (tertiary/aromatic N) is 1. The summed E-state index contributed by atoms with van der Waals surface area (Å²) in [6.45, 7) is 2.35. The number of hydrogen-bond acceptors (Lipinski definition) is 6. The van der Waals surface area contributed by atoms with Crippen molar-refractivity contribution < 1.29 is 14.5 Å². The van der Waals surface area contributed by atoms with Gasteiger partial charge in [0.05, 0.1) is 23.0 Å². The van der Waals surface area contributed by atoms with E-state index in [1.165, 1.54) is 31.0 Å². The Kier molecular flexibility index (Phi) is 7.84. The smallest absolute Gasteiger partial charge is 0.285 e. The largest absolute Gasteiger partial charge is 0.495 e. The standard InChI is InChI=1S/C15H23N3O4S/c1-4-5-6-10(9-16)17-15(19)11-7-14(23-3)13(22-2)8-12(11)18(20)21/h7-8,10H,4-6,9,16H2,1-3H3,(H,17,19). The van der Waals surface area contributed by atoms with Crippen LogP contribution in [-0.4, -0.2) is 36.8 Å². The average Bonchev–Trinajstić information content (AvgIpc) is 2.56. The molecule has 7 nitrogen and oxygen atoms in total. The maximum absolute atomic E-state index is 12.4. The third kappa shape index (κ3) is 5.11. The summed E-state index contributed by atoms with van der Waals surface area (Å²) >= 11 is 1.36. The zero-order valence-corrected chi connectivity index (χ0v) is 14.4. The van der Waals surface area contributed by atoms with Crippen molar-refractivity contribution in [2.45, 2.75) is 37.1 Å². The van der Waals surface area contributed by atoms with Gasteiger partial charge in [-0.2, -0.15) is 0 Å². The monoisotopic (exact) mass is 341 g/mol. The van der Waals surface area contributed by atoms with E-state index in [4.69, 9.17) is 10.5 Å². The lowest BCUT2D eigenvalue weighted by Gasteiger charge is -2.17. The molecular formula is C15H23N3O4S. The van der Waals surface area contributed by atoms with Gasteiger partial charge in [-0.15, -0.1) is 11.8 Å². The fourth-order valence-corrected chi connectivity index (χ4v) is 2.74. The third-order valence-electron chi connectivity index (χ3n) is 3.47. The molecule has 1 rings (SSSR count). The first-order valence-corrected chi connectivity index (χ1v) is 8.62. The number of nitrogens with one attached hydrogen (secondary N) is 1. The Morgan fingerprint density at radius 1 is 1.52 bits per heavy atom. The van der Waals surface area contributed by atoms with E-state index in [2.05, 4.69) is 12.2 Å². The lowest BCUT2D eigenvalue weighted by Crippen LogP contribution is -2.40. The molecule has 0 radical (unpaired) electrons. The zero-order chi connectivity index (χ0) is 17.4. The van der Waals surface area contributed by atoms with E-state index in [0.29, 0.717) is 17.2 Å². The molecular weight excluding hydrogens is 318 g/mol. The van der Waals surface area contributed by atoms with Crippen molar-refractivity contribution in [3.63, 3.8) is 0 Å². The van der Waals surface area contributed by atoms with Crippen LogP contribution in [0.15, 0.2) is 17.0 Å². The van der Waals surface area contributed by atoms with Crippen LogP contribution >= 0.6 is 11.8 Å². The Morgan fingerprint density at radius 3 is 2.70 bits per heavy atom. The molecule has 0 aliphatic heterocycles. The van der Waals surface area contributed by atoms with Crippen molar-refractivity contribution in [1.82, 2.24) is 5.32 Å². The minimum absolute atomic E-state index is 0.0232. The molecule has 0 saturated heterocycles. The maximum Gasteiger partial charge on any atom is 0.285 e. The summed E-state index contributed by atoms with van der Waals surface area (Å²) in [6.07, 6.45) is 4.49. The Morgan fingerprint density at radius 2 is 2.22 bits per heavy atom. The fraction of sp³-hybridized carbons (Fsp3) is 0.533. The van der Waals surface area contributed by atoms with E-state index in [1.54, 1.807) is 0 Å². The molecule has 23 heavy (non-hydrogen) atoms. The van der Waals surface area contributed by atoms with Gasteiger partial charge in [-0.25, -0.2) is 0 Å². The van der Waals surface area contributed by atoms with Gasteiger partial charge in [0.15, 0.2) is 0 Å². The minimum atomic E-state index is -0.578. The van der Waals surface area contributed by atoms with E-state index in [1.807, 2.05) is 6.26 Å². The summed E-state index contributed by atoms with van der Waals surface area (Å²) in [5.74, 6) is -0.108. The minimum Gasteiger partial charge on any atom is -0.495 e. The number of amides is 1. The normalized spacial score (nSPS) is 11.8. The molecule has 128 valence electrons. The number of hydrogen-bond donors (Lipinski definition) is 2. The van der Waals surface area contributed by atoms with Gasteiger partial charge in [0.2, 0.25) is 0 Å². The molecule has 0 spiro atoms. The number of nitrogens with two attached hydrogens (primary N) is 1. The molecule has 0 fully saturated rings. The molecule has 1 aromatic rings. The SMILES string of the molecule is CCCCC(CN)NC(=O)c1cc(SC)c(OC)cc1[N+](=O)[O-]. The molecule has 1 atom stereocenters. The molecule has 8 heteroatoms. The van der Waals surface area contributed by atoms with E-state index in [-0.39, 0.29) is 17.3 Å². The van der Waals surface area contributed by atoms with Gasteiger partial charge >= 0.3 is 0 Å². The predicted octanol–water partition coefficient (Wildman–Crippen LogP) is 2.57. The van der Waals surface area contributed by atoms with Crippen LogP contribution in [0.25, 0.3) is 0 Å². The first-order chi connectivity index (χ1) is 11.0. The summed E-state index contributed by atoms with van der Waals surface area (Å²) in [7, 11) is 1.44. The van der Waals surface area contributed by atoms with Gasteiger partial charge in [-0.1, -0.05) is 19.8 Å². The summed E-state index contributed by atoms with van der Waals surface area (Å²) < 4.78 is 5.14. The van der Waals surface area contributed by atoms with Crippen LogP contribution in [0, 0.1) is 10.1 Å². The molecule has 0 bridgehead atoms. The van der Waals surface area contributed by atoms with Crippen molar-refractivity contribution in [2.24, 2.45) is 5.73 Å². The molecule has 0 saturated carbocycles. The van der Waals surface area contributed by atoms with Crippen molar-refractivity contribution in [3.8, 4) is 5.75 Å². The first kappa shape index (κ1) is 19.2. The van der Waals surface area contributed by atoms with Crippen LogP contribution in [0.5, 0.6) is 5.75 Å². The van der Waals surface area contributed by atoms with Crippen molar-refractivity contribution in [1.29, 1.82) is 0 Å². The summed E-state index contributed by atoms with van der Waals surface area (Å²) in [6, 6.07) is 2.58. The summed E-state index contributed by atoms with van der Waals surface area (Å²) in [4.78, 5) is 23.8. The molecule has 0 aliphatic rings. The van der Waals surface area contributed by atoms with E-state index < -0.39 is 10.8 Å². The van der Waals surface area contributed by atoms with Crippen LogP contribution in [-0.2, 0) is 0 Å². The Bertz CT molecular complexity index is 566. The number of nitro groups is 1. The second kappa shape index (κ2) is 9.36. The molecule has 0 heterocycles. The van der Waals surface area contributed by atoms with Crippen LogP contribution in [0.3, 0.4) is 0 Å². The summed E-state index contributed by atoms with van der Waals surface area (Å²) in [5, 5.41) is 14.0. The lowest BCUT2D eigenvalue weighted by molar-refractivity contribution is -0.385. The average molecular weight is 341 g/mol. The predicted molar refractivity (Wildman–Crippen MR) is 91.3 cm³/mol. The van der Waals surface area contributed by atoms with Crippen molar-refractivity contribution >= 4 is 23.4 Å². The second-order valence-electron chi connectivity index (χ2n) is 5.03. The van der Waals surface area contributed by atoms with Gasteiger partial charge in [0.25, 0.3) is 11.6 Å². The first-order valence-electron chi connectivity index (χ1n) is 7.39. The van der Waals surface area contributed by atoms with Gasteiger partial charge in [-0.3, -0.25) is 14.9 Å². The highest BCUT2D eigenvalue weighted by Gasteiger charge is 2.25. The van der Waals surface area contributed by atoms with Crippen molar-refractivity contribution in [3.05, 3.63) is 27.8 Å². The maximum atomic E-state index is 12.4. The van der Waals surface area contributed by atoms with Gasteiger partial charge in [0.1, 0.15) is 11.3 Å². The fourth-order valence-electron chi connectivity index (χ4n) is 2.16. The topological polar surface area (TPSA) is 107 Å². The molecule has 1 aromatic carbocycles. The number of rotatable bonds is 9. The highest BCUT2D eigenvalue weighted by molar-refractivity contribution is 7.98. The number of carbonyl (C=O) groups is 1. The van der Waals surface area contributed by atoms with E-state index in [9.17, 15) is 14.9 Å². The van der Waals surface area contributed by atoms with E-state index >= 15 is 0 Å². The van der Waals surface area contributed by atoms with Crippen LogP contribution in [0.4, 0.5) is 5.69 Å². The zero-order valence-electron chi connectivity index (χ0n) is 13.6. The van der Waals surface area contributed by atoms with E-state index in [0.717, 1.165) is 19.3 Å². The van der Waals surface area contributed by atoms with Crippen molar-refractivity contribution in [2.75, 3.05) is 19.9 Å². The van der Waals surface area contributed by atoms with Crippen LogP contribution in [0.1, 0.15) is 36.5 Å². The van der Waals surface area contributed by atoms with Crippen LogP contribution < -0.4 is 15.8 Å². The highest BCUT2D eigenvalue weighted by Crippen LogP contribution is 2.34. The number of ether oxygens (including phenoxy) is 1. The Balaban J connectivity index is 3.13. The molecule has 0 aromatic heterocycles. The molecule has 0 aliphatic carbocycles. The number of nitro benzene ring substituents is 1. The second-order valence-corrected chi connectivity index (χ2v) is 5.88. The Hall–Kier alpha value is -1.80. The molecule has 1 unspecified atom stereocenters. The molecule has 1 amide bonds. The third-order valence-corrected chi connectivity index (χ3v) is 4.23. The van der Waals surface area contributed by atoms with Gasteiger partial charge < -0.3 is 15.8 Å². The van der Waals surface area contributed by atoms with Gasteiger partial charge in [0, 0.05) is 12.6 Å². The number of carbonyl (C=O) groups excluding carboxylic acids is 1. The number of benzene rings is 1. The van der Waals surface area contributed by atoms with Gasteiger partial charge in [-0.05, 0) is 18.7 Å². The number of methoxy groups -OCH3 is 1. The highest BCUT2D eigenvalue weighted by atomic mass is 32.2.